The second kappa shape index (κ2) is 11.1. The van der Waals surface area contributed by atoms with Crippen molar-refractivity contribution in [2.24, 2.45) is 5.92 Å². The number of benzene rings is 1. The molecular formula is C23H29ClN4O3. The van der Waals surface area contributed by atoms with Gasteiger partial charge in [-0.25, -0.2) is 4.98 Å². The summed E-state index contributed by atoms with van der Waals surface area (Å²) in [5.74, 6) is 0.584. The second-order valence-corrected chi connectivity index (χ2v) is 8.40. The van der Waals surface area contributed by atoms with Gasteiger partial charge in [-0.2, -0.15) is 0 Å². The van der Waals surface area contributed by atoms with Crippen molar-refractivity contribution in [3.8, 4) is 0 Å². The van der Waals surface area contributed by atoms with Crippen molar-refractivity contribution < 1.29 is 14.3 Å². The Kier molecular flexibility index (Phi) is 8.26. The first-order chi connectivity index (χ1) is 14.9. The minimum atomic E-state index is -0.633. The van der Waals surface area contributed by atoms with Crippen LogP contribution in [0.3, 0.4) is 0 Å². The van der Waals surface area contributed by atoms with Crippen LogP contribution in [-0.4, -0.2) is 49.1 Å². The molecule has 0 aliphatic carbocycles. The molecule has 2 N–H and O–H groups in total. The Bertz CT molecular complexity index is 883. The maximum absolute atomic E-state index is 13.0. The Balaban J connectivity index is 1.66. The van der Waals surface area contributed by atoms with Gasteiger partial charge in [0.2, 0.25) is 5.91 Å². The van der Waals surface area contributed by atoms with Crippen LogP contribution in [-0.2, 0) is 16.1 Å². The number of rotatable bonds is 8. The third-order valence-electron chi connectivity index (χ3n) is 5.07. The summed E-state index contributed by atoms with van der Waals surface area (Å²) < 4.78 is 5.42. The molecular weight excluding hydrogens is 416 g/mol. The van der Waals surface area contributed by atoms with Gasteiger partial charge >= 0.3 is 0 Å². The number of ether oxygens (including phenoxy) is 1. The Labute approximate surface area is 188 Å². The number of pyridine rings is 1. The van der Waals surface area contributed by atoms with Crippen molar-refractivity contribution in [3.05, 3.63) is 58.7 Å². The van der Waals surface area contributed by atoms with Gasteiger partial charge in [-0.05, 0) is 42.7 Å². The van der Waals surface area contributed by atoms with E-state index in [9.17, 15) is 9.59 Å². The van der Waals surface area contributed by atoms with E-state index < -0.39 is 6.04 Å². The van der Waals surface area contributed by atoms with Crippen molar-refractivity contribution >= 4 is 29.2 Å². The molecule has 0 spiro atoms. The van der Waals surface area contributed by atoms with Crippen LogP contribution in [0.25, 0.3) is 0 Å². The summed E-state index contributed by atoms with van der Waals surface area (Å²) >= 11 is 5.90. The average molecular weight is 445 g/mol. The molecule has 31 heavy (non-hydrogen) atoms. The molecule has 1 atom stereocenters. The van der Waals surface area contributed by atoms with E-state index in [0.29, 0.717) is 36.8 Å². The fraction of sp³-hybridized carbons (Fsp3) is 0.435. The molecule has 8 heteroatoms. The molecule has 1 aromatic heterocycles. The molecule has 166 valence electrons. The van der Waals surface area contributed by atoms with E-state index in [-0.39, 0.29) is 17.7 Å². The number of halogens is 1. The van der Waals surface area contributed by atoms with Crippen LogP contribution in [0.1, 0.15) is 36.2 Å². The van der Waals surface area contributed by atoms with E-state index in [1.807, 2.05) is 26.0 Å². The van der Waals surface area contributed by atoms with Crippen LogP contribution in [0, 0.1) is 5.92 Å². The number of amides is 2. The van der Waals surface area contributed by atoms with Crippen LogP contribution < -0.4 is 15.5 Å². The van der Waals surface area contributed by atoms with E-state index in [0.717, 1.165) is 24.5 Å². The normalized spacial score (nSPS) is 14.9. The molecule has 2 heterocycles. The zero-order chi connectivity index (χ0) is 22.2. The third kappa shape index (κ3) is 6.67. The summed E-state index contributed by atoms with van der Waals surface area (Å²) in [5, 5.41) is 6.39. The highest BCUT2D eigenvalue weighted by Crippen LogP contribution is 2.18. The third-order valence-corrected chi connectivity index (χ3v) is 5.32. The number of hydrogen-bond donors (Lipinski definition) is 2. The quantitative estimate of drug-likeness (QED) is 0.653. The average Bonchev–Trinajstić information content (AvgIpc) is 2.78. The SMILES string of the molecule is CC(C)CC(NC(=O)c1ccc(Cl)cc1)C(=O)NCc1cccnc1N1CCOCC1. The van der Waals surface area contributed by atoms with E-state index in [1.165, 1.54) is 0 Å². The Morgan fingerprint density at radius 3 is 2.55 bits per heavy atom. The number of carbonyl (C=O) groups is 2. The number of aromatic nitrogens is 1. The van der Waals surface area contributed by atoms with Crippen molar-refractivity contribution in [3.63, 3.8) is 0 Å². The van der Waals surface area contributed by atoms with Crippen LogP contribution in [0.5, 0.6) is 0 Å². The standard InChI is InChI=1S/C23H29ClN4O3/c1-16(2)14-20(27-22(29)17-5-7-19(24)8-6-17)23(30)26-15-18-4-3-9-25-21(18)28-10-12-31-13-11-28/h3-9,16,20H,10-15H2,1-2H3,(H,26,30)(H,27,29). The first-order valence-electron chi connectivity index (χ1n) is 10.5. The maximum atomic E-state index is 13.0. The zero-order valence-corrected chi connectivity index (χ0v) is 18.7. The summed E-state index contributed by atoms with van der Waals surface area (Å²) in [6, 6.07) is 9.79. The van der Waals surface area contributed by atoms with Crippen LogP contribution in [0.4, 0.5) is 5.82 Å². The summed E-state index contributed by atoms with van der Waals surface area (Å²) in [4.78, 5) is 32.3. The van der Waals surface area contributed by atoms with Gasteiger partial charge in [-0.1, -0.05) is 31.5 Å². The first-order valence-corrected chi connectivity index (χ1v) is 10.9. The molecule has 0 radical (unpaired) electrons. The number of morpholine rings is 1. The lowest BCUT2D eigenvalue weighted by atomic mass is 10.0. The number of carbonyl (C=O) groups excluding carboxylic acids is 2. The zero-order valence-electron chi connectivity index (χ0n) is 17.9. The minimum absolute atomic E-state index is 0.215. The lowest BCUT2D eigenvalue weighted by molar-refractivity contribution is -0.123. The van der Waals surface area contributed by atoms with Gasteiger partial charge in [0.05, 0.1) is 13.2 Å². The van der Waals surface area contributed by atoms with Crippen molar-refractivity contribution in [1.82, 2.24) is 15.6 Å². The van der Waals surface area contributed by atoms with E-state index >= 15 is 0 Å². The smallest absolute Gasteiger partial charge is 0.251 e. The summed E-state index contributed by atoms with van der Waals surface area (Å²) in [5.41, 5.74) is 1.40. The molecule has 3 rings (SSSR count). The molecule has 1 unspecified atom stereocenters. The lowest BCUT2D eigenvalue weighted by Gasteiger charge is -2.29. The Morgan fingerprint density at radius 1 is 1.16 bits per heavy atom. The highest BCUT2D eigenvalue weighted by Gasteiger charge is 2.23. The molecule has 7 nitrogen and oxygen atoms in total. The molecule has 1 fully saturated rings. The number of anilines is 1. The highest BCUT2D eigenvalue weighted by atomic mass is 35.5. The summed E-state index contributed by atoms with van der Waals surface area (Å²) in [7, 11) is 0. The molecule has 1 aliphatic rings. The monoisotopic (exact) mass is 444 g/mol. The summed E-state index contributed by atoms with van der Waals surface area (Å²) in [6.45, 7) is 7.24. The van der Waals surface area contributed by atoms with Gasteiger partial charge < -0.3 is 20.3 Å². The fourth-order valence-corrected chi connectivity index (χ4v) is 3.61. The van der Waals surface area contributed by atoms with E-state index in [4.69, 9.17) is 16.3 Å². The fourth-order valence-electron chi connectivity index (χ4n) is 3.48. The van der Waals surface area contributed by atoms with Crippen LogP contribution >= 0.6 is 11.6 Å². The minimum Gasteiger partial charge on any atom is -0.378 e. The summed E-state index contributed by atoms with van der Waals surface area (Å²) in [6.07, 6.45) is 2.29. The predicted molar refractivity (Wildman–Crippen MR) is 121 cm³/mol. The van der Waals surface area contributed by atoms with Crippen molar-refractivity contribution in [2.75, 3.05) is 31.2 Å². The second-order valence-electron chi connectivity index (χ2n) is 7.97. The number of nitrogens with one attached hydrogen (secondary N) is 2. The Morgan fingerprint density at radius 2 is 1.87 bits per heavy atom. The number of nitrogens with zero attached hydrogens (tertiary/aromatic N) is 2. The Hall–Kier alpha value is -2.64. The predicted octanol–water partition coefficient (Wildman–Crippen LogP) is 3.03. The van der Waals surface area contributed by atoms with Gasteiger partial charge in [0.15, 0.2) is 0 Å². The van der Waals surface area contributed by atoms with Gasteiger partial charge in [0.1, 0.15) is 11.9 Å². The lowest BCUT2D eigenvalue weighted by Crippen LogP contribution is -2.47. The first kappa shape index (κ1) is 23.0. The van der Waals surface area contributed by atoms with Gasteiger partial charge in [-0.15, -0.1) is 0 Å². The largest absolute Gasteiger partial charge is 0.378 e. The molecule has 2 aromatic rings. The van der Waals surface area contributed by atoms with Gasteiger partial charge in [0, 0.05) is 42.0 Å². The maximum Gasteiger partial charge on any atom is 0.251 e. The van der Waals surface area contributed by atoms with Crippen LogP contribution in [0.15, 0.2) is 42.6 Å². The van der Waals surface area contributed by atoms with E-state index in [2.05, 4.69) is 20.5 Å². The van der Waals surface area contributed by atoms with Crippen molar-refractivity contribution in [1.29, 1.82) is 0 Å². The topological polar surface area (TPSA) is 83.6 Å². The van der Waals surface area contributed by atoms with E-state index in [1.54, 1.807) is 30.5 Å². The van der Waals surface area contributed by atoms with Crippen LogP contribution in [0.2, 0.25) is 5.02 Å². The number of hydrogen-bond acceptors (Lipinski definition) is 5. The highest BCUT2D eigenvalue weighted by molar-refractivity contribution is 6.30. The molecule has 1 saturated heterocycles. The molecule has 0 saturated carbocycles. The molecule has 2 amide bonds. The van der Waals surface area contributed by atoms with Gasteiger partial charge in [-0.3, -0.25) is 9.59 Å². The molecule has 1 aromatic carbocycles. The van der Waals surface area contributed by atoms with Crippen molar-refractivity contribution in [2.45, 2.75) is 32.9 Å². The molecule has 1 aliphatic heterocycles. The molecule has 0 bridgehead atoms. The van der Waals surface area contributed by atoms with Gasteiger partial charge in [0.25, 0.3) is 5.91 Å².